The fraction of sp³-hybridized carbons (Fsp3) is 0.474. The number of carbonyl (C=O) groups excluding carboxylic acids is 1. The van der Waals surface area contributed by atoms with Crippen LogP contribution in [0.2, 0.25) is 0 Å². The van der Waals surface area contributed by atoms with Crippen LogP contribution in [-0.4, -0.2) is 22.4 Å². The summed E-state index contributed by atoms with van der Waals surface area (Å²) in [5.74, 6) is 1.01. The average molecular weight is 343 g/mol. The van der Waals surface area contributed by atoms with Crippen LogP contribution >= 0.6 is 0 Å². The molecule has 1 heterocycles. The highest BCUT2D eigenvalue weighted by Crippen LogP contribution is 2.31. The summed E-state index contributed by atoms with van der Waals surface area (Å²) in [5, 5.41) is 19.9. The van der Waals surface area contributed by atoms with Gasteiger partial charge in [-0.3, -0.25) is 0 Å². The molecular weight excluding hydrogens is 318 g/mol. The van der Waals surface area contributed by atoms with Gasteiger partial charge in [-0.2, -0.15) is 0 Å². The van der Waals surface area contributed by atoms with E-state index in [2.05, 4.69) is 29.6 Å². The number of hydrogen-bond acceptors (Lipinski definition) is 4. The van der Waals surface area contributed by atoms with E-state index in [0.717, 1.165) is 29.7 Å². The summed E-state index contributed by atoms with van der Waals surface area (Å²) in [6, 6.07) is 8.96. The largest absolute Gasteiger partial charge is 0.390 e. The normalized spacial score (nSPS) is 19.0. The second kappa shape index (κ2) is 7.70. The Balaban J connectivity index is 1.55. The fourth-order valence-electron chi connectivity index (χ4n) is 3.42. The summed E-state index contributed by atoms with van der Waals surface area (Å²) in [7, 11) is 0. The molecule has 1 aromatic carbocycles. The summed E-state index contributed by atoms with van der Waals surface area (Å²) in [6.45, 7) is 4.52. The molecule has 2 unspecified atom stereocenters. The number of carbonyl (C=O) groups is 1. The molecule has 1 aromatic heterocycles. The van der Waals surface area contributed by atoms with Gasteiger partial charge < -0.3 is 20.3 Å². The van der Waals surface area contributed by atoms with E-state index in [4.69, 9.17) is 4.52 Å². The van der Waals surface area contributed by atoms with Gasteiger partial charge in [0.15, 0.2) is 5.76 Å². The summed E-state index contributed by atoms with van der Waals surface area (Å²) < 4.78 is 5.31. The topological polar surface area (TPSA) is 87.4 Å². The molecule has 0 aliphatic heterocycles. The maximum absolute atomic E-state index is 12.2. The van der Waals surface area contributed by atoms with Crippen molar-refractivity contribution in [1.82, 2.24) is 15.8 Å². The van der Waals surface area contributed by atoms with Gasteiger partial charge in [0.1, 0.15) is 0 Å². The zero-order valence-corrected chi connectivity index (χ0v) is 14.7. The maximum atomic E-state index is 12.2. The number of fused-ring (bicyclic) bond motifs is 1. The molecule has 2 atom stereocenters. The Morgan fingerprint density at radius 3 is 2.88 bits per heavy atom. The van der Waals surface area contributed by atoms with Crippen LogP contribution in [0.25, 0.3) is 0 Å². The number of aliphatic hydroxyl groups excluding tert-OH is 1. The van der Waals surface area contributed by atoms with E-state index >= 15 is 0 Å². The number of aliphatic hydroxyl groups is 1. The zero-order chi connectivity index (χ0) is 17.8. The molecule has 0 saturated heterocycles. The lowest BCUT2D eigenvalue weighted by molar-refractivity contribution is 0.142. The molecule has 2 aromatic rings. The van der Waals surface area contributed by atoms with Gasteiger partial charge in [0.25, 0.3) is 0 Å². The van der Waals surface area contributed by atoms with Crippen molar-refractivity contribution in [3.05, 3.63) is 52.9 Å². The smallest absolute Gasteiger partial charge is 0.315 e. The summed E-state index contributed by atoms with van der Waals surface area (Å²) >= 11 is 0. The number of benzene rings is 1. The Labute approximate surface area is 147 Å². The van der Waals surface area contributed by atoms with E-state index in [1.54, 1.807) is 0 Å². The van der Waals surface area contributed by atoms with Crippen LogP contribution in [0.1, 0.15) is 61.2 Å². The van der Waals surface area contributed by atoms with Gasteiger partial charge in [-0.1, -0.05) is 43.3 Å². The SMILES string of the molecule is CCC(CC)c1cc(CNC(=O)NC2c3ccccc3CC2O)on1. The first-order valence-corrected chi connectivity index (χ1v) is 8.88. The van der Waals surface area contributed by atoms with Crippen LogP contribution in [0, 0.1) is 0 Å². The van der Waals surface area contributed by atoms with E-state index in [1.807, 2.05) is 30.3 Å². The van der Waals surface area contributed by atoms with Gasteiger partial charge in [0.05, 0.1) is 24.4 Å². The number of nitrogens with zero attached hydrogens (tertiary/aromatic N) is 1. The predicted octanol–water partition coefficient (Wildman–Crippen LogP) is 3.04. The van der Waals surface area contributed by atoms with Crippen molar-refractivity contribution in [3.8, 4) is 0 Å². The third kappa shape index (κ3) is 3.85. The second-order valence-corrected chi connectivity index (χ2v) is 6.51. The fourth-order valence-corrected chi connectivity index (χ4v) is 3.42. The van der Waals surface area contributed by atoms with Crippen molar-refractivity contribution in [2.24, 2.45) is 0 Å². The van der Waals surface area contributed by atoms with Crippen molar-refractivity contribution in [2.45, 2.75) is 57.7 Å². The Kier molecular flexibility index (Phi) is 5.38. The Morgan fingerprint density at radius 1 is 1.36 bits per heavy atom. The first-order chi connectivity index (χ1) is 12.1. The lowest BCUT2D eigenvalue weighted by atomic mass is 9.99. The molecule has 134 valence electrons. The van der Waals surface area contributed by atoms with Crippen molar-refractivity contribution < 1.29 is 14.4 Å². The maximum Gasteiger partial charge on any atom is 0.315 e. The molecule has 1 aliphatic rings. The van der Waals surface area contributed by atoms with Gasteiger partial charge >= 0.3 is 6.03 Å². The highest BCUT2D eigenvalue weighted by Gasteiger charge is 2.31. The van der Waals surface area contributed by atoms with Crippen molar-refractivity contribution in [1.29, 1.82) is 0 Å². The minimum absolute atomic E-state index is 0.267. The lowest BCUT2D eigenvalue weighted by Crippen LogP contribution is -2.40. The van der Waals surface area contributed by atoms with Crippen LogP contribution in [0.15, 0.2) is 34.9 Å². The number of nitrogens with one attached hydrogen (secondary N) is 2. The number of amides is 2. The summed E-state index contributed by atoms with van der Waals surface area (Å²) in [4.78, 5) is 12.2. The Morgan fingerprint density at radius 2 is 2.12 bits per heavy atom. The molecule has 25 heavy (non-hydrogen) atoms. The van der Waals surface area contributed by atoms with Gasteiger partial charge in [-0.15, -0.1) is 0 Å². The molecule has 0 bridgehead atoms. The first-order valence-electron chi connectivity index (χ1n) is 8.88. The standard InChI is InChI=1S/C19H25N3O3/c1-3-12(4-2)16-10-14(25-22-16)11-20-19(24)21-18-15-8-6-5-7-13(15)9-17(18)23/h5-8,10,12,17-18,23H,3-4,9,11H2,1-2H3,(H2,20,21,24). The molecule has 3 N–H and O–H groups in total. The average Bonchev–Trinajstić information content (AvgIpc) is 3.20. The highest BCUT2D eigenvalue weighted by atomic mass is 16.5. The van der Waals surface area contributed by atoms with Crippen LogP contribution < -0.4 is 10.6 Å². The van der Waals surface area contributed by atoms with Crippen LogP contribution in [0.4, 0.5) is 4.79 Å². The molecule has 3 rings (SSSR count). The predicted molar refractivity (Wildman–Crippen MR) is 94.1 cm³/mol. The monoisotopic (exact) mass is 343 g/mol. The van der Waals surface area contributed by atoms with Crippen LogP contribution in [0.5, 0.6) is 0 Å². The molecule has 0 fully saturated rings. The van der Waals surface area contributed by atoms with Crippen molar-refractivity contribution >= 4 is 6.03 Å². The second-order valence-electron chi connectivity index (χ2n) is 6.51. The zero-order valence-electron chi connectivity index (χ0n) is 14.7. The van der Waals surface area contributed by atoms with E-state index in [0.29, 0.717) is 18.1 Å². The van der Waals surface area contributed by atoms with Gasteiger partial charge in [0, 0.05) is 18.4 Å². The Hall–Kier alpha value is -2.34. The molecule has 0 saturated carbocycles. The van der Waals surface area contributed by atoms with Crippen LogP contribution in [0.3, 0.4) is 0 Å². The van der Waals surface area contributed by atoms with E-state index in [1.165, 1.54) is 0 Å². The van der Waals surface area contributed by atoms with E-state index in [-0.39, 0.29) is 18.6 Å². The summed E-state index contributed by atoms with van der Waals surface area (Å²) in [5.41, 5.74) is 2.98. The lowest BCUT2D eigenvalue weighted by Gasteiger charge is -2.18. The first kappa shape index (κ1) is 17.5. The van der Waals surface area contributed by atoms with Crippen molar-refractivity contribution in [2.75, 3.05) is 0 Å². The number of hydrogen-bond donors (Lipinski definition) is 3. The number of aromatic nitrogens is 1. The molecule has 0 radical (unpaired) electrons. The molecule has 1 aliphatic carbocycles. The summed E-state index contributed by atoms with van der Waals surface area (Å²) in [6.07, 6.45) is 1.97. The minimum Gasteiger partial charge on any atom is -0.390 e. The van der Waals surface area contributed by atoms with Gasteiger partial charge in [-0.25, -0.2) is 4.79 Å². The number of rotatable bonds is 6. The Bertz CT molecular complexity index is 724. The molecule has 6 heteroatoms. The van der Waals surface area contributed by atoms with Crippen LogP contribution in [-0.2, 0) is 13.0 Å². The highest BCUT2D eigenvalue weighted by molar-refractivity contribution is 5.74. The van der Waals surface area contributed by atoms with E-state index < -0.39 is 6.10 Å². The molecule has 0 spiro atoms. The van der Waals surface area contributed by atoms with Crippen molar-refractivity contribution in [3.63, 3.8) is 0 Å². The molecule has 2 amide bonds. The number of urea groups is 1. The third-order valence-corrected chi connectivity index (χ3v) is 4.89. The molecule has 6 nitrogen and oxygen atoms in total. The van der Waals surface area contributed by atoms with Gasteiger partial charge in [-0.05, 0) is 24.0 Å². The minimum atomic E-state index is -0.602. The quantitative estimate of drug-likeness (QED) is 0.752. The van der Waals surface area contributed by atoms with Gasteiger partial charge in [0.2, 0.25) is 0 Å². The third-order valence-electron chi connectivity index (χ3n) is 4.89. The van der Waals surface area contributed by atoms with E-state index in [9.17, 15) is 9.90 Å². The molecular formula is C19H25N3O3.